The number of alkyl halides is 3. The lowest BCUT2D eigenvalue weighted by Crippen LogP contribution is -2.37. The van der Waals surface area contributed by atoms with Gasteiger partial charge in [0.05, 0.1) is 11.9 Å². The van der Waals surface area contributed by atoms with E-state index in [1.54, 1.807) is 4.72 Å². The molecule has 0 aliphatic heterocycles. The molecule has 1 aromatic heterocycles. The zero-order valence-electron chi connectivity index (χ0n) is 9.10. The van der Waals surface area contributed by atoms with Gasteiger partial charge in [0.15, 0.2) is 0 Å². The highest BCUT2D eigenvalue weighted by atomic mass is 32.2. The summed E-state index contributed by atoms with van der Waals surface area (Å²) in [6, 6.07) is 2.06. The van der Waals surface area contributed by atoms with Gasteiger partial charge in [-0.2, -0.15) is 26.3 Å². The number of aromatic carboxylic acids is 1. The third-order valence-corrected chi connectivity index (χ3v) is 2.73. The quantitative estimate of drug-likeness (QED) is 0.737. The summed E-state index contributed by atoms with van der Waals surface area (Å²) in [5.74, 6) is -1.32. The normalized spacial score (nSPS) is 12.2. The lowest BCUT2D eigenvalue weighted by atomic mass is 10.3. The van der Waals surface area contributed by atoms with Crippen molar-refractivity contribution in [1.82, 2.24) is 9.71 Å². The van der Waals surface area contributed by atoms with Crippen molar-refractivity contribution in [3.05, 3.63) is 24.0 Å². The molecule has 1 heterocycles. The summed E-state index contributed by atoms with van der Waals surface area (Å²) < 4.78 is 60.9. The van der Waals surface area contributed by atoms with Crippen LogP contribution in [0.4, 0.5) is 18.9 Å². The van der Waals surface area contributed by atoms with Crippen LogP contribution < -0.4 is 9.44 Å². The topological polar surface area (TPSA) is 108 Å². The summed E-state index contributed by atoms with van der Waals surface area (Å²) in [6.07, 6.45) is -3.81. The highest BCUT2D eigenvalue weighted by Gasteiger charge is 2.29. The molecule has 0 unspecified atom stereocenters. The first-order valence-corrected chi connectivity index (χ1v) is 6.11. The van der Waals surface area contributed by atoms with Crippen LogP contribution in [0.1, 0.15) is 10.5 Å². The Bertz CT molecular complexity index is 556. The Balaban J connectivity index is 2.70. The average molecular weight is 299 g/mol. The van der Waals surface area contributed by atoms with Crippen molar-refractivity contribution in [3.63, 3.8) is 0 Å². The van der Waals surface area contributed by atoms with Gasteiger partial charge in [0, 0.05) is 0 Å². The van der Waals surface area contributed by atoms with Crippen molar-refractivity contribution in [2.45, 2.75) is 6.18 Å². The Labute approximate surface area is 105 Å². The minimum atomic E-state index is -4.68. The van der Waals surface area contributed by atoms with E-state index in [1.807, 2.05) is 0 Å². The molecule has 1 rings (SSSR count). The minimum absolute atomic E-state index is 0.167. The van der Waals surface area contributed by atoms with Crippen LogP contribution in [0.25, 0.3) is 0 Å². The Morgan fingerprint density at radius 1 is 1.37 bits per heavy atom. The molecule has 1 aromatic rings. The number of anilines is 1. The lowest BCUT2D eigenvalue weighted by Gasteiger charge is -2.10. The fraction of sp³-hybridized carbons (Fsp3) is 0.250. The molecule has 0 aliphatic carbocycles. The van der Waals surface area contributed by atoms with Crippen molar-refractivity contribution in [2.75, 3.05) is 11.3 Å². The maximum atomic E-state index is 11.8. The summed E-state index contributed by atoms with van der Waals surface area (Å²) in [5, 5.41) is 8.54. The average Bonchev–Trinajstić information content (AvgIpc) is 2.26. The number of halogens is 3. The molecule has 106 valence electrons. The second-order valence-corrected chi connectivity index (χ2v) is 4.78. The van der Waals surface area contributed by atoms with Gasteiger partial charge < -0.3 is 5.11 Å². The van der Waals surface area contributed by atoms with Crippen molar-refractivity contribution < 1.29 is 31.5 Å². The van der Waals surface area contributed by atoms with Crippen molar-refractivity contribution in [1.29, 1.82) is 0 Å². The van der Waals surface area contributed by atoms with Crippen molar-refractivity contribution in [3.8, 4) is 0 Å². The van der Waals surface area contributed by atoms with E-state index in [2.05, 4.69) is 4.98 Å². The van der Waals surface area contributed by atoms with E-state index in [0.29, 0.717) is 0 Å². The zero-order chi connectivity index (χ0) is 14.7. The largest absolute Gasteiger partial charge is 0.477 e. The second-order valence-electron chi connectivity index (χ2n) is 3.28. The Morgan fingerprint density at radius 2 is 2.00 bits per heavy atom. The molecule has 19 heavy (non-hydrogen) atoms. The van der Waals surface area contributed by atoms with E-state index in [0.717, 1.165) is 18.3 Å². The number of hydrogen-bond acceptors (Lipinski definition) is 4. The molecule has 0 saturated carbocycles. The van der Waals surface area contributed by atoms with Gasteiger partial charge in [-0.1, -0.05) is 0 Å². The molecule has 0 fully saturated rings. The van der Waals surface area contributed by atoms with Gasteiger partial charge >= 0.3 is 12.1 Å². The summed E-state index contributed by atoms with van der Waals surface area (Å²) in [4.78, 5) is 13.9. The Hall–Kier alpha value is -1.88. The zero-order valence-corrected chi connectivity index (χ0v) is 9.92. The fourth-order valence-electron chi connectivity index (χ4n) is 0.949. The molecular formula is C8H8F3N3O4S. The molecule has 0 amide bonds. The number of carbonyl (C=O) groups is 1. The maximum Gasteiger partial charge on any atom is 0.402 e. The molecule has 0 radical (unpaired) electrons. The van der Waals surface area contributed by atoms with Gasteiger partial charge in [-0.3, -0.25) is 4.72 Å². The highest BCUT2D eigenvalue weighted by Crippen LogP contribution is 2.13. The number of carboxylic acids is 1. The van der Waals surface area contributed by atoms with Crippen LogP contribution in [0, 0.1) is 0 Å². The molecule has 0 saturated heterocycles. The first-order valence-electron chi connectivity index (χ1n) is 4.62. The highest BCUT2D eigenvalue weighted by molar-refractivity contribution is 7.90. The van der Waals surface area contributed by atoms with Crippen LogP contribution >= 0.6 is 0 Å². The number of rotatable bonds is 5. The predicted molar refractivity (Wildman–Crippen MR) is 57.8 cm³/mol. The summed E-state index contributed by atoms with van der Waals surface area (Å²) >= 11 is 0. The molecule has 0 aromatic carbocycles. The number of aromatic nitrogens is 1. The molecule has 7 nitrogen and oxygen atoms in total. The number of carboxylic acid groups (broad SMARTS) is 1. The van der Waals surface area contributed by atoms with Crippen LogP contribution in [0.3, 0.4) is 0 Å². The molecule has 0 atom stereocenters. The second kappa shape index (κ2) is 5.40. The summed E-state index contributed by atoms with van der Waals surface area (Å²) in [6.45, 7) is -1.72. The van der Waals surface area contributed by atoms with E-state index in [9.17, 15) is 26.4 Å². The van der Waals surface area contributed by atoms with Gasteiger partial charge in [0.1, 0.15) is 12.2 Å². The molecule has 11 heteroatoms. The lowest BCUT2D eigenvalue weighted by molar-refractivity contribution is -0.121. The van der Waals surface area contributed by atoms with Gasteiger partial charge in [0.25, 0.3) is 10.2 Å². The van der Waals surface area contributed by atoms with Gasteiger partial charge in [-0.05, 0) is 12.1 Å². The smallest absolute Gasteiger partial charge is 0.402 e. The predicted octanol–water partition coefficient (Wildman–Crippen LogP) is 0.588. The monoisotopic (exact) mass is 299 g/mol. The summed E-state index contributed by atoms with van der Waals surface area (Å²) in [5.41, 5.74) is -0.495. The van der Waals surface area contributed by atoms with Crippen LogP contribution in [-0.4, -0.2) is 37.2 Å². The SMILES string of the molecule is O=C(O)c1ccc(NS(=O)(=O)NCC(F)(F)F)cn1. The van der Waals surface area contributed by atoms with E-state index >= 15 is 0 Å². The Kier molecular flexibility index (Phi) is 4.32. The first-order chi connectivity index (χ1) is 8.59. The van der Waals surface area contributed by atoms with Crippen LogP contribution in [-0.2, 0) is 10.2 Å². The molecule has 0 spiro atoms. The van der Waals surface area contributed by atoms with E-state index < -0.39 is 28.9 Å². The molecule has 3 N–H and O–H groups in total. The Morgan fingerprint density at radius 3 is 2.42 bits per heavy atom. The fourth-order valence-corrected chi connectivity index (χ4v) is 1.81. The van der Waals surface area contributed by atoms with Gasteiger partial charge in [-0.15, -0.1) is 0 Å². The molecule has 0 bridgehead atoms. The third-order valence-electron chi connectivity index (χ3n) is 1.70. The van der Waals surface area contributed by atoms with Crippen LogP contribution in [0.5, 0.6) is 0 Å². The van der Waals surface area contributed by atoms with Crippen LogP contribution in [0.15, 0.2) is 18.3 Å². The van der Waals surface area contributed by atoms with E-state index in [1.165, 1.54) is 4.72 Å². The van der Waals surface area contributed by atoms with Crippen molar-refractivity contribution in [2.24, 2.45) is 0 Å². The van der Waals surface area contributed by atoms with E-state index in [-0.39, 0.29) is 11.4 Å². The number of hydrogen-bond donors (Lipinski definition) is 3. The number of nitrogens with one attached hydrogen (secondary N) is 2. The first kappa shape index (κ1) is 15.2. The van der Waals surface area contributed by atoms with E-state index in [4.69, 9.17) is 5.11 Å². The third kappa shape index (κ3) is 5.52. The minimum Gasteiger partial charge on any atom is -0.477 e. The molecular weight excluding hydrogens is 291 g/mol. The van der Waals surface area contributed by atoms with Gasteiger partial charge in [-0.25, -0.2) is 9.78 Å². The van der Waals surface area contributed by atoms with Crippen LogP contribution in [0.2, 0.25) is 0 Å². The molecule has 0 aliphatic rings. The summed E-state index contributed by atoms with van der Waals surface area (Å²) in [7, 11) is -4.41. The van der Waals surface area contributed by atoms with Gasteiger partial charge in [0.2, 0.25) is 0 Å². The number of pyridine rings is 1. The number of nitrogens with zero attached hydrogens (tertiary/aromatic N) is 1. The standard InChI is InChI=1S/C8H8F3N3O4S/c9-8(10,11)4-13-19(17,18)14-5-1-2-6(7(15)16)12-3-5/h1-3,13-14H,4H2,(H,15,16). The maximum absolute atomic E-state index is 11.8. The van der Waals surface area contributed by atoms with Crippen molar-refractivity contribution >= 4 is 21.9 Å².